The number of hydrogen-bond acceptors (Lipinski definition) is 13. The minimum Gasteiger partial charge on any atom is -0.379 e. The number of rotatable bonds is 35. The molecule has 20 nitrogen and oxygen atoms in total. The van der Waals surface area contributed by atoms with E-state index < -0.39 is 34.3 Å². The fourth-order valence-corrected chi connectivity index (χ4v) is 11.8. The number of carbonyl (C=O) groups excluding carboxylic acids is 7. The first-order valence-corrected chi connectivity index (χ1v) is 30.4. The molecule has 2 aliphatic rings. The van der Waals surface area contributed by atoms with E-state index in [1.54, 1.807) is 45.3 Å². The van der Waals surface area contributed by atoms with Gasteiger partial charge in [0.2, 0.25) is 29.5 Å². The van der Waals surface area contributed by atoms with E-state index in [9.17, 15) is 46.5 Å². The van der Waals surface area contributed by atoms with Crippen molar-refractivity contribution in [2.45, 2.75) is 179 Å². The lowest BCUT2D eigenvalue weighted by molar-refractivity contribution is -0.147. The average Bonchev–Trinajstić information content (AvgIpc) is 4.05. The first-order valence-electron chi connectivity index (χ1n) is 29.0. The van der Waals surface area contributed by atoms with Crippen LogP contribution in [-0.2, 0) is 66.0 Å². The van der Waals surface area contributed by atoms with Gasteiger partial charge >= 0.3 is 0 Å². The zero-order chi connectivity index (χ0) is 60.0. The molecule has 2 aliphatic heterocycles. The molecule has 0 radical (unpaired) electrons. The van der Waals surface area contributed by atoms with Gasteiger partial charge in [-0.25, -0.2) is 0 Å². The van der Waals surface area contributed by atoms with Crippen molar-refractivity contribution in [1.29, 1.82) is 0 Å². The highest BCUT2D eigenvalue weighted by molar-refractivity contribution is 7.85. The molecule has 81 heavy (non-hydrogen) atoms. The molecule has 4 rings (SSSR count). The topological polar surface area (TPSA) is 253 Å². The van der Waals surface area contributed by atoms with Crippen molar-refractivity contribution in [2.24, 2.45) is 23.7 Å². The number of benzene rings is 2. The lowest BCUT2D eigenvalue weighted by Gasteiger charge is -2.41. The Morgan fingerprint density at radius 1 is 0.790 bits per heavy atom. The third-order valence-corrected chi connectivity index (χ3v) is 16.9. The molecule has 9 atom stereocenters. The van der Waals surface area contributed by atoms with Gasteiger partial charge in [0.15, 0.2) is 0 Å². The highest BCUT2D eigenvalue weighted by atomic mass is 32.2. The fourth-order valence-electron chi connectivity index (χ4n) is 11.3. The van der Waals surface area contributed by atoms with E-state index in [2.05, 4.69) is 40.5 Å². The third-order valence-electron chi connectivity index (χ3n) is 16.0. The number of imide groups is 1. The second-order valence-corrected chi connectivity index (χ2v) is 24.2. The lowest BCUT2D eigenvalue weighted by Crippen LogP contribution is -2.60. The zero-order valence-corrected chi connectivity index (χ0v) is 50.7. The number of ether oxygens (including phenoxy) is 2. The van der Waals surface area contributed by atoms with Gasteiger partial charge in [0.25, 0.3) is 21.9 Å². The highest BCUT2D eigenvalue weighted by Gasteiger charge is 2.42. The van der Waals surface area contributed by atoms with Crippen LogP contribution in [0.15, 0.2) is 71.6 Å². The summed E-state index contributed by atoms with van der Waals surface area (Å²) in [7, 11) is 2.49. The van der Waals surface area contributed by atoms with Crippen molar-refractivity contribution < 1.29 is 56.0 Å². The second-order valence-electron chi connectivity index (χ2n) is 22.8. The fraction of sp³-hybridized carbons (Fsp3) is 0.650. The minimum absolute atomic E-state index is 0.00408. The van der Waals surface area contributed by atoms with Crippen LogP contribution in [0.4, 0.5) is 0 Å². The Kier molecular flexibility index (Phi) is 28.1. The second kappa shape index (κ2) is 33.5. The SMILES string of the molecule is CCC(C)C(C(CC(=O)N1CCC[C@H]1C(OC)C(C)CNC(CCc1ccc(S(=O)(=O)O)cc1)Cc1ccccc1)OC)N(C)C(=O)C(NC(=O)C(C(C)C)N(C)CCCC(=O)NNC(=O)CCCCCN1C(=O)C=CC1=O)C(C)C. The average molecular weight is 1150 g/mol. The molecule has 21 heteroatoms. The summed E-state index contributed by atoms with van der Waals surface area (Å²) in [5, 5.41) is 6.87. The van der Waals surface area contributed by atoms with Crippen molar-refractivity contribution in [1.82, 2.24) is 41.1 Å². The summed E-state index contributed by atoms with van der Waals surface area (Å²) in [6.45, 7) is 15.7. The van der Waals surface area contributed by atoms with Crippen molar-refractivity contribution in [3.63, 3.8) is 0 Å². The molecule has 0 saturated carbocycles. The van der Waals surface area contributed by atoms with E-state index in [0.29, 0.717) is 58.2 Å². The molecule has 0 bridgehead atoms. The number of methoxy groups -OCH3 is 2. The van der Waals surface area contributed by atoms with Crippen LogP contribution in [-0.4, -0.2) is 171 Å². The third kappa shape index (κ3) is 21.0. The molecule has 2 heterocycles. The number of unbranched alkanes of at least 4 members (excludes halogenated alkanes) is 2. The van der Waals surface area contributed by atoms with Crippen LogP contribution in [0.25, 0.3) is 0 Å². The highest BCUT2D eigenvalue weighted by Crippen LogP contribution is 2.30. The lowest BCUT2D eigenvalue weighted by atomic mass is 9.89. The number of carbonyl (C=O) groups is 7. The quantitative estimate of drug-likeness (QED) is 0.0248. The Morgan fingerprint density at radius 2 is 1.42 bits per heavy atom. The van der Waals surface area contributed by atoms with Gasteiger partial charge in [-0.05, 0) is 112 Å². The molecule has 7 amide bonds. The van der Waals surface area contributed by atoms with Crippen LogP contribution in [0.3, 0.4) is 0 Å². The van der Waals surface area contributed by atoms with E-state index in [1.807, 2.05) is 69.5 Å². The first-order chi connectivity index (χ1) is 38.4. The van der Waals surface area contributed by atoms with Crippen molar-refractivity contribution >= 4 is 51.5 Å². The largest absolute Gasteiger partial charge is 0.379 e. The Bertz CT molecular complexity index is 2480. The van der Waals surface area contributed by atoms with Gasteiger partial charge < -0.3 is 29.9 Å². The van der Waals surface area contributed by atoms with Gasteiger partial charge in [0.05, 0.1) is 41.6 Å². The summed E-state index contributed by atoms with van der Waals surface area (Å²) in [5.74, 6) is -2.65. The summed E-state index contributed by atoms with van der Waals surface area (Å²) < 4.78 is 45.1. The maximum Gasteiger partial charge on any atom is 0.294 e. The van der Waals surface area contributed by atoms with Crippen LogP contribution in [0.2, 0.25) is 0 Å². The van der Waals surface area contributed by atoms with Crippen molar-refractivity contribution in [3.05, 3.63) is 77.9 Å². The number of nitrogens with zero attached hydrogens (tertiary/aromatic N) is 4. The number of likely N-dealkylation sites (tertiary alicyclic amines) is 1. The predicted octanol–water partition coefficient (Wildman–Crippen LogP) is 5.50. The molecular formula is C60H94N8O12S. The van der Waals surface area contributed by atoms with Gasteiger partial charge in [-0.15, -0.1) is 0 Å². The van der Waals surface area contributed by atoms with E-state index in [4.69, 9.17) is 9.47 Å². The zero-order valence-electron chi connectivity index (χ0n) is 49.9. The standard InChI is InChI=1S/C60H94N8O12S/c1-12-42(6)57(66(9)60(75)55(40(2)3)62-59(74)56(41(4)5)65(8)34-20-25-51(70)64-63-50(69)24-17-14-18-35-68-52(71)32-33-53(68)72)49(79-10)38-54(73)67-36-19-23-48(67)58(80-11)43(7)39-61-46(37-45-21-15-13-16-22-45)29-26-44-27-30-47(31-28-44)81(76,77)78/h13,15-16,21-22,27-28,30-33,40-43,46,48-49,55-58,61H,12,14,17-20,23-26,29,34-39H2,1-11H3,(H,62,74)(H,63,69)(H,64,70)(H,76,77,78)/t42?,43?,46?,48-,49?,55?,56?,57?,58?/m0/s1. The van der Waals surface area contributed by atoms with Crippen molar-refractivity contribution in [2.75, 3.05) is 54.5 Å². The summed E-state index contributed by atoms with van der Waals surface area (Å²) in [6, 6.07) is 14.3. The molecule has 1 fully saturated rings. The Labute approximate surface area is 481 Å². The molecule has 0 aromatic heterocycles. The normalized spacial score (nSPS) is 17.7. The van der Waals surface area contributed by atoms with E-state index >= 15 is 0 Å². The Morgan fingerprint density at radius 3 is 1.99 bits per heavy atom. The van der Waals surface area contributed by atoms with Crippen LogP contribution < -0.4 is 21.5 Å². The van der Waals surface area contributed by atoms with Gasteiger partial charge in [-0.1, -0.05) is 104 Å². The van der Waals surface area contributed by atoms with Crippen molar-refractivity contribution in [3.8, 4) is 0 Å². The van der Waals surface area contributed by atoms with Crippen LogP contribution in [0.5, 0.6) is 0 Å². The monoisotopic (exact) mass is 1150 g/mol. The maximum absolute atomic E-state index is 14.7. The molecule has 0 spiro atoms. The number of nitrogens with one attached hydrogen (secondary N) is 4. The van der Waals surface area contributed by atoms with Crippen LogP contribution >= 0.6 is 0 Å². The summed E-state index contributed by atoms with van der Waals surface area (Å²) in [4.78, 5) is 98.5. The molecule has 2 aromatic carbocycles. The molecule has 8 unspecified atom stereocenters. The van der Waals surface area contributed by atoms with Gasteiger partial charge in [0.1, 0.15) is 6.04 Å². The minimum atomic E-state index is -4.29. The number of aryl methyl sites for hydroxylation is 1. The van der Waals surface area contributed by atoms with Crippen LogP contribution in [0.1, 0.15) is 130 Å². The summed E-state index contributed by atoms with van der Waals surface area (Å²) in [5.41, 5.74) is 7.01. The molecule has 0 aliphatic carbocycles. The molecule has 1 saturated heterocycles. The Balaban J connectivity index is 1.33. The van der Waals surface area contributed by atoms with E-state index in [0.717, 1.165) is 36.1 Å². The molecule has 2 aromatic rings. The summed E-state index contributed by atoms with van der Waals surface area (Å²) in [6.07, 6.45) is 8.40. The number of amides is 7. The predicted molar refractivity (Wildman–Crippen MR) is 311 cm³/mol. The van der Waals surface area contributed by atoms with E-state index in [-0.39, 0.29) is 114 Å². The molecular weight excluding hydrogens is 1060 g/mol. The van der Waals surface area contributed by atoms with E-state index in [1.165, 1.54) is 29.8 Å². The van der Waals surface area contributed by atoms with Gasteiger partial charge in [0, 0.05) is 71.9 Å². The smallest absolute Gasteiger partial charge is 0.294 e. The number of hydrazine groups is 1. The number of likely N-dealkylation sites (N-methyl/N-ethyl adjacent to an activating group) is 2. The Hall–Kier alpha value is -5.58. The maximum atomic E-state index is 14.7. The van der Waals surface area contributed by atoms with Crippen LogP contribution in [0, 0.1) is 23.7 Å². The summed E-state index contributed by atoms with van der Waals surface area (Å²) >= 11 is 0. The van der Waals surface area contributed by atoms with Gasteiger partial charge in [-0.2, -0.15) is 8.42 Å². The number of hydrogen-bond donors (Lipinski definition) is 5. The first kappa shape index (κ1) is 67.9. The molecule has 452 valence electrons. The van der Waals surface area contributed by atoms with Gasteiger partial charge in [-0.3, -0.25) is 58.8 Å². The molecule has 5 N–H and O–H groups in total.